The average molecular weight is 520 g/mol. The van der Waals surface area contributed by atoms with Gasteiger partial charge in [-0.3, -0.25) is 9.52 Å². The molecule has 10 heteroatoms. The summed E-state index contributed by atoms with van der Waals surface area (Å²) < 4.78 is 55.6. The molecule has 32 heavy (non-hydrogen) atoms. The molecule has 0 saturated carbocycles. The second kappa shape index (κ2) is 8.03. The van der Waals surface area contributed by atoms with Crippen LogP contribution in [-0.2, 0) is 10.0 Å². The molecular weight excluding hydrogens is 504 g/mol. The summed E-state index contributed by atoms with van der Waals surface area (Å²) in [6.07, 6.45) is 1.03. The number of aromatic nitrogens is 1. The molecule has 0 aliphatic heterocycles. The summed E-state index contributed by atoms with van der Waals surface area (Å²) in [5, 5.41) is 0.646. The topological polar surface area (TPSA) is 94.2 Å². The van der Waals surface area contributed by atoms with E-state index in [2.05, 4.69) is 20.7 Å². The molecule has 4 rings (SSSR count). The van der Waals surface area contributed by atoms with Gasteiger partial charge in [0, 0.05) is 27.2 Å². The molecule has 1 aromatic heterocycles. The molecule has 1 heterocycles. The Bertz CT molecular complexity index is 1500. The fraction of sp³-hybridized carbons (Fsp3) is 0.0455. The standard InChI is InChI=1S/C22H16BrF2N3O3S/c1-32(30,31)27-16-4-2-12-8-21(22(26)29)28(20(12)11-16)17-7-13(6-14(23)9-17)18-5-3-15(24)10-19(18)25/h2-11,27H,1H3,(H2,26,29). The zero-order valence-corrected chi connectivity index (χ0v) is 19.0. The first-order valence-corrected chi connectivity index (χ1v) is 11.9. The number of anilines is 1. The minimum absolute atomic E-state index is 0.153. The lowest BCUT2D eigenvalue weighted by atomic mass is 10.0. The van der Waals surface area contributed by atoms with Crippen molar-refractivity contribution >= 4 is 48.5 Å². The van der Waals surface area contributed by atoms with Crippen molar-refractivity contribution in [3.05, 3.63) is 82.5 Å². The van der Waals surface area contributed by atoms with Gasteiger partial charge in [0.1, 0.15) is 17.3 Å². The van der Waals surface area contributed by atoms with E-state index in [1.165, 1.54) is 6.07 Å². The SMILES string of the molecule is CS(=O)(=O)Nc1ccc2cc(C(N)=O)n(-c3cc(Br)cc(-c4ccc(F)cc4F)c3)c2c1. The molecule has 6 nitrogen and oxygen atoms in total. The number of nitrogens with zero attached hydrogens (tertiary/aromatic N) is 1. The van der Waals surface area contributed by atoms with Crippen molar-refractivity contribution in [2.45, 2.75) is 0 Å². The molecule has 0 aliphatic rings. The number of primary amides is 1. The van der Waals surface area contributed by atoms with E-state index in [1.54, 1.807) is 47.0 Å². The lowest BCUT2D eigenvalue weighted by Gasteiger charge is -2.13. The van der Waals surface area contributed by atoms with E-state index in [1.807, 2.05) is 0 Å². The van der Waals surface area contributed by atoms with E-state index in [4.69, 9.17) is 5.73 Å². The number of nitrogens with two attached hydrogens (primary N) is 1. The van der Waals surface area contributed by atoms with Crippen LogP contribution in [0.25, 0.3) is 27.7 Å². The third kappa shape index (κ3) is 4.37. The van der Waals surface area contributed by atoms with Crippen molar-refractivity contribution in [2.24, 2.45) is 5.73 Å². The van der Waals surface area contributed by atoms with E-state index in [-0.39, 0.29) is 11.3 Å². The fourth-order valence-corrected chi connectivity index (χ4v) is 4.56. The normalized spacial score (nSPS) is 11.6. The monoisotopic (exact) mass is 519 g/mol. The summed E-state index contributed by atoms with van der Waals surface area (Å²) in [6.45, 7) is 0. The predicted octanol–water partition coefficient (Wildman–Crippen LogP) is 4.81. The zero-order valence-electron chi connectivity index (χ0n) is 16.6. The lowest BCUT2D eigenvalue weighted by Crippen LogP contribution is -2.16. The van der Waals surface area contributed by atoms with Gasteiger partial charge >= 0.3 is 0 Å². The largest absolute Gasteiger partial charge is 0.364 e. The second-order valence-electron chi connectivity index (χ2n) is 7.20. The Balaban J connectivity index is 1.97. The molecule has 3 N–H and O–H groups in total. The zero-order chi connectivity index (χ0) is 23.2. The van der Waals surface area contributed by atoms with Crippen LogP contribution in [-0.4, -0.2) is 25.1 Å². The quantitative estimate of drug-likeness (QED) is 0.396. The Morgan fingerprint density at radius 2 is 1.78 bits per heavy atom. The minimum Gasteiger partial charge on any atom is -0.364 e. The van der Waals surface area contributed by atoms with Gasteiger partial charge in [-0.15, -0.1) is 0 Å². The van der Waals surface area contributed by atoms with Gasteiger partial charge in [-0.2, -0.15) is 0 Å². The molecule has 0 radical (unpaired) electrons. The summed E-state index contributed by atoms with van der Waals surface area (Å²) in [6, 6.07) is 14.6. The number of rotatable bonds is 5. The maximum atomic E-state index is 14.4. The molecule has 3 aromatic carbocycles. The number of halogens is 3. The van der Waals surface area contributed by atoms with Gasteiger partial charge in [0.05, 0.1) is 17.5 Å². The summed E-state index contributed by atoms with van der Waals surface area (Å²) in [5.74, 6) is -2.13. The highest BCUT2D eigenvalue weighted by Gasteiger charge is 2.18. The number of hydrogen-bond donors (Lipinski definition) is 2. The minimum atomic E-state index is -3.52. The van der Waals surface area contributed by atoms with Crippen LogP contribution in [0.3, 0.4) is 0 Å². The van der Waals surface area contributed by atoms with Crippen LogP contribution in [0.4, 0.5) is 14.5 Å². The number of fused-ring (bicyclic) bond motifs is 1. The highest BCUT2D eigenvalue weighted by molar-refractivity contribution is 9.10. The van der Waals surface area contributed by atoms with E-state index >= 15 is 0 Å². The summed E-state index contributed by atoms with van der Waals surface area (Å²) in [5.41, 5.74) is 7.65. The van der Waals surface area contributed by atoms with Gasteiger partial charge < -0.3 is 10.3 Å². The fourth-order valence-electron chi connectivity index (χ4n) is 3.52. The molecule has 0 fully saturated rings. The Morgan fingerprint density at radius 3 is 2.44 bits per heavy atom. The van der Waals surface area contributed by atoms with Gasteiger partial charge in [-0.25, -0.2) is 17.2 Å². The van der Waals surface area contributed by atoms with Gasteiger partial charge in [0.15, 0.2) is 0 Å². The summed E-state index contributed by atoms with van der Waals surface area (Å²) >= 11 is 3.40. The molecule has 0 atom stereocenters. The van der Waals surface area contributed by atoms with Gasteiger partial charge in [0.2, 0.25) is 10.0 Å². The predicted molar refractivity (Wildman–Crippen MR) is 123 cm³/mol. The first-order valence-electron chi connectivity index (χ1n) is 9.21. The summed E-state index contributed by atoms with van der Waals surface area (Å²) in [7, 11) is -3.52. The van der Waals surface area contributed by atoms with Crippen LogP contribution in [0.15, 0.2) is 65.1 Å². The number of carbonyl (C=O) groups excluding carboxylic acids is 1. The number of benzene rings is 3. The van der Waals surface area contributed by atoms with Gasteiger partial charge in [-0.05, 0) is 54.1 Å². The van der Waals surface area contributed by atoms with Crippen LogP contribution in [0.2, 0.25) is 0 Å². The highest BCUT2D eigenvalue weighted by atomic mass is 79.9. The molecule has 0 aliphatic carbocycles. The number of hydrogen-bond acceptors (Lipinski definition) is 3. The van der Waals surface area contributed by atoms with E-state index < -0.39 is 27.6 Å². The molecule has 1 amide bonds. The molecule has 4 aromatic rings. The number of carbonyl (C=O) groups is 1. The lowest BCUT2D eigenvalue weighted by molar-refractivity contribution is 0.0994. The van der Waals surface area contributed by atoms with Crippen molar-refractivity contribution in [1.29, 1.82) is 0 Å². The Hall–Kier alpha value is -3.24. The molecule has 0 unspecified atom stereocenters. The van der Waals surface area contributed by atoms with Crippen LogP contribution < -0.4 is 10.5 Å². The maximum Gasteiger partial charge on any atom is 0.265 e. The van der Waals surface area contributed by atoms with E-state index in [0.717, 1.165) is 18.4 Å². The number of sulfonamides is 1. The smallest absolute Gasteiger partial charge is 0.265 e. The first kappa shape index (κ1) is 22.0. The molecular formula is C22H16BrF2N3O3S. The van der Waals surface area contributed by atoms with Crippen LogP contribution >= 0.6 is 15.9 Å². The van der Waals surface area contributed by atoms with Crippen LogP contribution in [0, 0.1) is 11.6 Å². The first-order chi connectivity index (χ1) is 15.0. The Labute approximate surface area is 190 Å². The third-order valence-corrected chi connectivity index (χ3v) is 5.81. The van der Waals surface area contributed by atoms with Crippen molar-refractivity contribution in [2.75, 3.05) is 11.0 Å². The van der Waals surface area contributed by atoms with E-state index in [9.17, 15) is 22.0 Å². The molecule has 164 valence electrons. The molecule has 0 spiro atoms. The average Bonchev–Trinajstić information content (AvgIpc) is 3.05. The highest BCUT2D eigenvalue weighted by Crippen LogP contribution is 2.33. The van der Waals surface area contributed by atoms with Crippen molar-refractivity contribution < 1.29 is 22.0 Å². The van der Waals surface area contributed by atoms with Gasteiger partial charge in [0.25, 0.3) is 5.91 Å². The van der Waals surface area contributed by atoms with E-state index in [0.29, 0.717) is 32.3 Å². The summed E-state index contributed by atoms with van der Waals surface area (Å²) in [4.78, 5) is 12.2. The van der Waals surface area contributed by atoms with Crippen LogP contribution in [0.1, 0.15) is 10.5 Å². The molecule has 0 bridgehead atoms. The van der Waals surface area contributed by atoms with Crippen molar-refractivity contribution in [3.63, 3.8) is 0 Å². The number of nitrogens with one attached hydrogen (secondary N) is 1. The maximum absolute atomic E-state index is 14.4. The van der Waals surface area contributed by atoms with Crippen LogP contribution in [0.5, 0.6) is 0 Å². The molecule has 0 saturated heterocycles. The van der Waals surface area contributed by atoms with Crippen molar-refractivity contribution in [3.8, 4) is 16.8 Å². The third-order valence-electron chi connectivity index (χ3n) is 4.74. The Morgan fingerprint density at radius 1 is 1.03 bits per heavy atom. The van der Waals surface area contributed by atoms with Gasteiger partial charge in [-0.1, -0.05) is 22.0 Å². The van der Waals surface area contributed by atoms with Crippen molar-refractivity contribution in [1.82, 2.24) is 4.57 Å². The number of amides is 1. The Kier molecular flexibility index (Phi) is 5.51. The second-order valence-corrected chi connectivity index (χ2v) is 9.86.